The van der Waals surface area contributed by atoms with Crippen molar-refractivity contribution < 1.29 is 19.1 Å². The number of benzene rings is 1. The summed E-state index contributed by atoms with van der Waals surface area (Å²) < 4.78 is 4.88. The number of esters is 1. The number of halogens is 2. The van der Waals surface area contributed by atoms with Gasteiger partial charge in [-0.2, -0.15) is 0 Å². The van der Waals surface area contributed by atoms with E-state index in [-0.39, 0.29) is 18.2 Å². The highest BCUT2D eigenvalue weighted by Crippen LogP contribution is 2.27. The highest BCUT2D eigenvalue weighted by Gasteiger charge is 2.44. The largest absolute Gasteiger partial charge is 0.467 e. The zero-order valence-electron chi connectivity index (χ0n) is 14.1. The summed E-state index contributed by atoms with van der Waals surface area (Å²) in [5, 5.41) is 3.56. The van der Waals surface area contributed by atoms with E-state index in [2.05, 4.69) is 5.32 Å². The van der Waals surface area contributed by atoms with Crippen molar-refractivity contribution in [3.05, 3.63) is 33.8 Å². The molecule has 2 amide bonds. The molecule has 1 N–H and O–H groups in total. The number of nitrogens with zero attached hydrogens (tertiary/aromatic N) is 1. The van der Waals surface area contributed by atoms with Gasteiger partial charge in [-0.25, -0.2) is 4.79 Å². The molecule has 1 aromatic rings. The molecule has 0 bridgehead atoms. The minimum atomic E-state index is -1.15. The summed E-state index contributed by atoms with van der Waals surface area (Å²) in [6.45, 7) is 2.22. The van der Waals surface area contributed by atoms with Gasteiger partial charge < -0.3 is 15.0 Å². The van der Waals surface area contributed by atoms with Crippen molar-refractivity contribution >= 4 is 41.0 Å². The molecule has 1 aromatic carbocycles. The Morgan fingerprint density at radius 3 is 2.24 bits per heavy atom. The third-order valence-electron chi connectivity index (χ3n) is 4.42. The summed E-state index contributed by atoms with van der Waals surface area (Å²) in [6.07, 6.45) is 0.538. The molecule has 8 heteroatoms. The van der Waals surface area contributed by atoms with Gasteiger partial charge in [0, 0.05) is 30.1 Å². The Kier molecular flexibility index (Phi) is 6.30. The third kappa shape index (κ3) is 4.44. The lowest BCUT2D eigenvalue weighted by atomic mass is 9.87. The van der Waals surface area contributed by atoms with Crippen molar-refractivity contribution in [2.75, 3.05) is 20.2 Å². The second-order valence-electron chi connectivity index (χ2n) is 6.00. The molecule has 1 aliphatic rings. The van der Waals surface area contributed by atoms with E-state index in [0.717, 1.165) is 0 Å². The molecule has 25 heavy (non-hydrogen) atoms. The van der Waals surface area contributed by atoms with E-state index in [4.69, 9.17) is 27.9 Å². The average molecular weight is 387 g/mol. The number of hydrogen-bond donors (Lipinski definition) is 1. The first-order valence-corrected chi connectivity index (χ1v) is 8.62. The summed E-state index contributed by atoms with van der Waals surface area (Å²) in [6, 6.07) is 4.99. The highest BCUT2D eigenvalue weighted by molar-refractivity contribution is 6.36. The zero-order chi connectivity index (χ0) is 18.6. The lowest BCUT2D eigenvalue weighted by Gasteiger charge is -2.39. The van der Waals surface area contributed by atoms with Crippen LogP contribution in [0.15, 0.2) is 18.2 Å². The van der Waals surface area contributed by atoms with Crippen LogP contribution < -0.4 is 5.32 Å². The number of carbonyl (C=O) groups excluding carboxylic acids is 3. The van der Waals surface area contributed by atoms with Gasteiger partial charge in [0.25, 0.3) is 0 Å². The quantitative estimate of drug-likeness (QED) is 0.804. The lowest BCUT2D eigenvalue weighted by Crippen LogP contribution is -2.61. The van der Waals surface area contributed by atoms with Crippen LogP contribution in [0.5, 0.6) is 0 Å². The minimum absolute atomic E-state index is 0.0479. The van der Waals surface area contributed by atoms with E-state index < -0.39 is 11.5 Å². The number of carbonyl (C=O) groups is 3. The molecular weight excluding hydrogens is 367 g/mol. The van der Waals surface area contributed by atoms with Crippen LogP contribution in [-0.4, -0.2) is 48.4 Å². The molecule has 0 atom stereocenters. The van der Waals surface area contributed by atoms with Gasteiger partial charge in [-0.1, -0.05) is 29.3 Å². The number of ether oxygens (including phenoxy) is 1. The van der Waals surface area contributed by atoms with E-state index >= 15 is 0 Å². The highest BCUT2D eigenvalue weighted by atomic mass is 35.5. The van der Waals surface area contributed by atoms with Crippen molar-refractivity contribution in [3.8, 4) is 0 Å². The van der Waals surface area contributed by atoms with Crippen LogP contribution in [0, 0.1) is 0 Å². The normalized spacial score (nSPS) is 16.2. The van der Waals surface area contributed by atoms with Gasteiger partial charge in [0.15, 0.2) is 0 Å². The maximum absolute atomic E-state index is 12.5. The monoisotopic (exact) mass is 386 g/mol. The van der Waals surface area contributed by atoms with Gasteiger partial charge in [0.2, 0.25) is 11.8 Å². The summed E-state index contributed by atoms with van der Waals surface area (Å²) >= 11 is 12.2. The Bertz CT molecular complexity index is 665. The number of piperidine rings is 1. The minimum Gasteiger partial charge on any atom is -0.467 e. The molecule has 0 aliphatic carbocycles. The molecule has 0 radical (unpaired) electrons. The van der Waals surface area contributed by atoms with E-state index in [1.165, 1.54) is 14.0 Å². The topological polar surface area (TPSA) is 75.7 Å². The van der Waals surface area contributed by atoms with Crippen molar-refractivity contribution in [2.45, 2.75) is 31.7 Å². The number of rotatable bonds is 4. The van der Waals surface area contributed by atoms with Crippen molar-refractivity contribution in [1.82, 2.24) is 10.2 Å². The van der Waals surface area contributed by atoms with Gasteiger partial charge in [-0.05, 0) is 30.5 Å². The molecule has 1 heterocycles. The van der Waals surface area contributed by atoms with E-state index in [9.17, 15) is 14.4 Å². The molecule has 1 fully saturated rings. The van der Waals surface area contributed by atoms with Gasteiger partial charge in [0.1, 0.15) is 5.54 Å². The fraction of sp³-hybridized carbons (Fsp3) is 0.471. The number of methoxy groups -OCH3 is 1. The van der Waals surface area contributed by atoms with Gasteiger partial charge >= 0.3 is 5.97 Å². The van der Waals surface area contributed by atoms with Gasteiger partial charge in [-0.15, -0.1) is 0 Å². The van der Waals surface area contributed by atoms with E-state index in [1.807, 2.05) is 0 Å². The molecule has 0 aromatic heterocycles. The molecule has 0 saturated carbocycles. The average Bonchev–Trinajstić information content (AvgIpc) is 2.58. The zero-order valence-corrected chi connectivity index (χ0v) is 15.6. The van der Waals surface area contributed by atoms with Crippen LogP contribution in [0.2, 0.25) is 10.0 Å². The summed E-state index contributed by atoms with van der Waals surface area (Å²) in [4.78, 5) is 37.9. The number of nitrogens with one attached hydrogen (secondary N) is 1. The number of amides is 2. The standard InChI is InChI=1S/C17H20Cl2N2O4/c1-11(22)21-8-6-17(7-9-21,16(24)25-2)20-15(23)10-12-13(18)4-3-5-14(12)19/h3-5H,6-10H2,1-2H3,(H,20,23). The summed E-state index contributed by atoms with van der Waals surface area (Å²) in [5.74, 6) is -0.960. The molecule has 0 unspecified atom stereocenters. The van der Waals surface area contributed by atoms with Gasteiger partial charge in [-0.3, -0.25) is 9.59 Å². The van der Waals surface area contributed by atoms with Crippen molar-refractivity contribution in [1.29, 1.82) is 0 Å². The first-order valence-electron chi connectivity index (χ1n) is 7.87. The Morgan fingerprint density at radius 2 is 1.76 bits per heavy atom. The molecule has 0 spiro atoms. The molecule has 2 rings (SSSR count). The second-order valence-corrected chi connectivity index (χ2v) is 6.82. The predicted molar refractivity (Wildman–Crippen MR) is 94.5 cm³/mol. The summed E-state index contributed by atoms with van der Waals surface area (Å²) in [5.41, 5.74) is -0.643. The Labute approximate surface area is 156 Å². The molecule has 6 nitrogen and oxygen atoms in total. The molecule has 1 saturated heterocycles. The smallest absolute Gasteiger partial charge is 0.331 e. The summed E-state index contributed by atoms with van der Waals surface area (Å²) in [7, 11) is 1.28. The SMILES string of the molecule is COC(=O)C1(NC(=O)Cc2c(Cl)cccc2Cl)CCN(C(C)=O)CC1. The first kappa shape index (κ1) is 19.5. The van der Waals surface area contributed by atoms with Gasteiger partial charge in [0.05, 0.1) is 13.5 Å². The Hall–Kier alpha value is -1.79. The van der Waals surface area contributed by atoms with Crippen molar-refractivity contribution in [2.24, 2.45) is 0 Å². The molecular formula is C17H20Cl2N2O4. The molecule has 136 valence electrons. The number of likely N-dealkylation sites (tertiary alicyclic amines) is 1. The fourth-order valence-electron chi connectivity index (χ4n) is 2.95. The van der Waals surface area contributed by atoms with Crippen molar-refractivity contribution in [3.63, 3.8) is 0 Å². The fourth-order valence-corrected chi connectivity index (χ4v) is 3.48. The Balaban J connectivity index is 2.14. The van der Waals surface area contributed by atoms with E-state index in [1.54, 1.807) is 23.1 Å². The van der Waals surface area contributed by atoms with Crippen LogP contribution in [0.1, 0.15) is 25.3 Å². The predicted octanol–water partition coefficient (Wildman–Crippen LogP) is 2.21. The van der Waals surface area contributed by atoms with Crippen LogP contribution in [-0.2, 0) is 25.5 Å². The maximum Gasteiger partial charge on any atom is 0.331 e. The molecule has 1 aliphatic heterocycles. The second kappa shape index (κ2) is 8.06. The van der Waals surface area contributed by atoms with Crippen LogP contribution >= 0.6 is 23.2 Å². The third-order valence-corrected chi connectivity index (χ3v) is 5.12. The van der Waals surface area contributed by atoms with E-state index in [0.29, 0.717) is 41.5 Å². The number of hydrogen-bond acceptors (Lipinski definition) is 4. The van der Waals surface area contributed by atoms with Crippen LogP contribution in [0.25, 0.3) is 0 Å². The Morgan fingerprint density at radius 1 is 1.20 bits per heavy atom. The maximum atomic E-state index is 12.5. The van der Waals surface area contributed by atoms with Crippen LogP contribution in [0.4, 0.5) is 0 Å². The lowest BCUT2D eigenvalue weighted by molar-refractivity contribution is -0.154. The first-order chi connectivity index (χ1) is 11.8. The van der Waals surface area contributed by atoms with Crippen LogP contribution in [0.3, 0.4) is 0 Å².